The molecule has 0 radical (unpaired) electrons. The molecule has 7 nitrogen and oxygen atoms in total. The van der Waals surface area contributed by atoms with Gasteiger partial charge in [0.1, 0.15) is 0 Å². The third-order valence-corrected chi connectivity index (χ3v) is 4.05. The Morgan fingerprint density at radius 1 is 1.45 bits per heavy atom. The van der Waals surface area contributed by atoms with Gasteiger partial charge < -0.3 is 5.32 Å². The van der Waals surface area contributed by atoms with E-state index in [1.807, 2.05) is 0 Å². The van der Waals surface area contributed by atoms with Crippen LogP contribution in [0.15, 0.2) is 29.7 Å². The third-order valence-electron chi connectivity index (χ3n) is 2.65. The van der Waals surface area contributed by atoms with Crippen LogP contribution >= 0.6 is 0 Å². The summed E-state index contributed by atoms with van der Waals surface area (Å²) in [6.07, 6.45) is 1.31. The highest BCUT2D eigenvalue weighted by molar-refractivity contribution is 7.94. The monoisotopic (exact) mass is 300 g/mol. The summed E-state index contributed by atoms with van der Waals surface area (Å²) in [5.74, 6) is -2.09. The minimum Gasteiger partial charge on any atom is -0.345 e. The maximum absolute atomic E-state index is 13.4. The Morgan fingerprint density at radius 3 is 2.65 bits per heavy atom. The average Bonchev–Trinajstić information content (AvgIpc) is 2.68. The van der Waals surface area contributed by atoms with E-state index in [1.54, 1.807) is 0 Å². The van der Waals surface area contributed by atoms with Crippen molar-refractivity contribution in [2.24, 2.45) is 0 Å². The average molecular weight is 300 g/mol. The van der Waals surface area contributed by atoms with Crippen molar-refractivity contribution in [2.75, 3.05) is 5.75 Å². The van der Waals surface area contributed by atoms with E-state index in [-0.39, 0.29) is 11.3 Å². The highest BCUT2D eigenvalue weighted by atomic mass is 32.2. The molecule has 2 rings (SSSR count). The van der Waals surface area contributed by atoms with E-state index in [0.29, 0.717) is 0 Å². The van der Waals surface area contributed by atoms with Crippen molar-refractivity contribution in [1.82, 2.24) is 5.32 Å². The Labute approximate surface area is 113 Å². The SMILES string of the molecule is O=C(NC1C=CS(=O)(=O)C1)c1ccc([N+](=O)[O-])c(F)c1. The maximum Gasteiger partial charge on any atom is 0.304 e. The normalized spacial score (nSPS) is 19.8. The molecule has 1 aliphatic rings. The summed E-state index contributed by atoms with van der Waals surface area (Å²) in [5, 5.41) is 13.8. The maximum atomic E-state index is 13.4. The molecule has 1 aromatic carbocycles. The number of amides is 1. The molecule has 1 aromatic rings. The van der Waals surface area contributed by atoms with Crippen molar-refractivity contribution in [3.63, 3.8) is 0 Å². The first-order valence-electron chi connectivity index (χ1n) is 5.44. The van der Waals surface area contributed by atoms with Gasteiger partial charge in [0.05, 0.1) is 16.7 Å². The Balaban J connectivity index is 2.13. The predicted octanol–water partition coefficient (Wildman–Crippen LogP) is 0.774. The highest BCUT2D eigenvalue weighted by Crippen LogP contribution is 2.18. The molecule has 0 saturated heterocycles. The van der Waals surface area contributed by atoms with E-state index in [1.165, 1.54) is 6.08 Å². The number of carbonyl (C=O) groups excluding carboxylic acids is 1. The summed E-state index contributed by atoms with van der Waals surface area (Å²) in [4.78, 5) is 21.3. The van der Waals surface area contributed by atoms with Crippen LogP contribution in [0.2, 0.25) is 0 Å². The van der Waals surface area contributed by atoms with Gasteiger partial charge in [-0.05, 0) is 18.2 Å². The fourth-order valence-corrected chi connectivity index (χ4v) is 2.95. The van der Waals surface area contributed by atoms with Gasteiger partial charge in [0, 0.05) is 17.0 Å². The number of rotatable bonds is 3. The van der Waals surface area contributed by atoms with Crippen LogP contribution in [0.4, 0.5) is 10.1 Å². The number of sulfone groups is 1. The van der Waals surface area contributed by atoms with Gasteiger partial charge in [0.25, 0.3) is 5.91 Å². The zero-order valence-electron chi connectivity index (χ0n) is 9.95. The number of carbonyl (C=O) groups is 1. The molecule has 0 aliphatic carbocycles. The lowest BCUT2D eigenvalue weighted by Crippen LogP contribution is -2.35. The second kappa shape index (κ2) is 5.00. The summed E-state index contributed by atoms with van der Waals surface area (Å²) in [6, 6.07) is 2.03. The van der Waals surface area contributed by atoms with Crippen molar-refractivity contribution < 1.29 is 22.5 Å². The predicted molar refractivity (Wildman–Crippen MR) is 67.2 cm³/mol. The van der Waals surface area contributed by atoms with Gasteiger partial charge >= 0.3 is 5.69 Å². The number of nitrogens with one attached hydrogen (secondary N) is 1. The Kier molecular flexibility index (Phi) is 3.53. The number of benzene rings is 1. The third kappa shape index (κ3) is 2.99. The van der Waals surface area contributed by atoms with Crippen LogP contribution in [-0.2, 0) is 9.84 Å². The molecule has 106 valence electrons. The molecular weight excluding hydrogens is 291 g/mol. The number of nitrogens with zero attached hydrogens (tertiary/aromatic N) is 1. The van der Waals surface area contributed by atoms with Crippen LogP contribution in [0.1, 0.15) is 10.4 Å². The zero-order valence-corrected chi connectivity index (χ0v) is 10.8. The van der Waals surface area contributed by atoms with Crippen molar-refractivity contribution in [1.29, 1.82) is 0 Å². The van der Waals surface area contributed by atoms with Crippen LogP contribution < -0.4 is 5.32 Å². The van der Waals surface area contributed by atoms with Crippen molar-refractivity contribution in [3.05, 3.63) is 51.2 Å². The van der Waals surface area contributed by atoms with Crippen LogP contribution in [0.3, 0.4) is 0 Å². The molecule has 0 fully saturated rings. The first-order chi connectivity index (χ1) is 9.28. The van der Waals surface area contributed by atoms with E-state index >= 15 is 0 Å². The quantitative estimate of drug-likeness (QED) is 0.655. The highest BCUT2D eigenvalue weighted by Gasteiger charge is 2.24. The van der Waals surface area contributed by atoms with Crippen LogP contribution in [-0.4, -0.2) is 31.0 Å². The lowest BCUT2D eigenvalue weighted by Gasteiger charge is -2.09. The molecule has 1 N–H and O–H groups in total. The molecule has 0 saturated carbocycles. The molecule has 1 heterocycles. The van der Waals surface area contributed by atoms with Crippen LogP contribution in [0.25, 0.3) is 0 Å². The zero-order chi connectivity index (χ0) is 14.9. The lowest BCUT2D eigenvalue weighted by molar-refractivity contribution is -0.387. The van der Waals surface area contributed by atoms with Crippen molar-refractivity contribution >= 4 is 21.4 Å². The standard InChI is InChI=1S/C11H9FN2O5S/c12-9-5-7(1-2-10(9)14(16)17)11(15)13-8-3-4-20(18,19)6-8/h1-5,8H,6H2,(H,13,15). The Bertz CT molecular complexity index is 714. The van der Waals surface area contributed by atoms with Gasteiger partial charge in [0.15, 0.2) is 9.84 Å². The van der Waals surface area contributed by atoms with E-state index in [0.717, 1.165) is 23.6 Å². The topological polar surface area (TPSA) is 106 Å². The molecule has 20 heavy (non-hydrogen) atoms. The smallest absolute Gasteiger partial charge is 0.304 e. The summed E-state index contributed by atoms with van der Waals surface area (Å²) in [6.45, 7) is 0. The first kappa shape index (κ1) is 14.1. The fourth-order valence-electron chi connectivity index (χ4n) is 1.71. The summed E-state index contributed by atoms with van der Waals surface area (Å²) in [7, 11) is -3.31. The number of nitro benzene ring substituents is 1. The molecule has 0 spiro atoms. The second-order valence-corrected chi connectivity index (χ2v) is 6.09. The fraction of sp³-hybridized carbons (Fsp3) is 0.182. The van der Waals surface area contributed by atoms with Crippen molar-refractivity contribution in [2.45, 2.75) is 6.04 Å². The van der Waals surface area contributed by atoms with Crippen molar-refractivity contribution in [3.8, 4) is 0 Å². The van der Waals surface area contributed by atoms with E-state index < -0.39 is 38.2 Å². The molecule has 9 heteroatoms. The van der Waals surface area contributed by atoms with Gasteiger partial charge in [-0.25, -0.2) is 8.42 Å². The number of hydrogen-bond donors (Lipinski definition) is 1. The number of hydrogen-bond acceptors (Lipinski definition) is 5. The molecular formula is C11H9FN2O5S. The van der Waals surface area contributed by atoms with E-state index in [9.17, 15) is 27.7 Å². The minimum atomic E-state index is -3.31. The van der Waals surface area contributed by atoms with Crippen LogP contribution in [0, 0.1) is 15.9 Å². The summed E-state index contributed by atoms with van der Waals surface area (Å²) in [5.41, 5.74) is -0.851. The Hall–Kier alpha value is -2.29. The largest absolute Gasteiger partial charge is 0.345 e. The molecule has 1 amide bonds. The molecule has 0 bridgehead atoms. The first-order valence-corrected chi connectivity index (χ1v) is 7.16. The van der Waals surface area contributed by atoms with Gasteiger partial charge in [0.2, 0.25) is 5.82 Å². The second-order valence-electron chi connectivity index (χ2n) is 4.16. The van der Waals surface area contributed by atoms with Gasteiger partial charge in [-0.2, -0.15) is 4.39 Å². The van der Waals surface area contributed by atoms with E-state index in [4.69, 9.17) is 0 Å². The minimum absolute atomic E-state index is 0.120. The number of nitro groups is 1. The summed E-state index contributed by atoms with van der Waals surface area (Å²) >= 11 is 0. The van der Waals surface area contributed by atoms with Gasteiger partial charge in [-0.1, -0.05) is 0 Å². The van der Waals surface area contributed by atoms with Gasteiger partial charge in [-0.15, -0.1) is 0 Å². The lowest BCUT2D eigenvalue weighted by atomic mass is 10.1. The molecule has 1 atom stereocenters. The molecule has 0 aromatic heterocycles. The molecule has 1 unspecified atom stereocenters. The molecule has 1 aliphatic heterocycles. The van der Waals surface area contributed by atoms with Crippen LogP contribution in [0.5, 0.6) is 0 Å². The van der Waals surface area contributed by atoms with Gasteiger partial charge in [-0.3, -0.25) is 14.9 Å². The number of halogens is 1. The Morgan fingerprint density at radius 2 is 2.15 bits per heavy atom. The van der Waals surface area contributed by atoms with E-state index in [2.05, 4.69) is 5.32 Å². The summed E-state index contributed by atoms with van der Waals surface area (Å²) < 4.78 is 35.7.